The molecule has 0 unspecified atom stereocenters. The van der Waals surface area contributed by atoms with E-state index in [4.69, 9.17) is 5.73 Å². The highest BCUT2D eigenvalue weighted by Crippen LogP contribution is 2.24. The molecule has 0 fully saturated rings. The van der Waals surface area contributed by atoms with Gasteiger partial charge in [-0.05, 0) is 18.2 Å². The Morgan fingerprint density at radius 3 is 2.55 bits per heavy atom. The molecule has 0 aliphatic carbocycles. The lowest BCUT2D eigenvalue weighted by Crippen LogP contribution is -1.98. The van der Waals surface area contributed by atoms with Crippen molar-refractivity contribution in [2.75, 3.05) is 0 Å². The van der Waals surface area contributed by atoms with E-state index in [1.165, 1.54) is 4.91 Å². The normalized spacial score (nSPS) is 12.5. The van der Waals surface area contributed by atoms with Crippen LogP contribution in [0.1, 0.15) is 33.1 Å². The molecule has 0 rings (SSSR count). The third-order valence-electron chi connectivity index (χ3n) is 1.44. The molecule has 0 aliphatic rings. The fraction of sp³-hybridized carbons (Fsp3) is 0.556. The average Bonchev–Trinajstić information content (AvgIpc) is 2.03. The van der Waals surface area contributed by atoms with Crippen molar-refractivity contribution in [3.8, 4) is 0 Å². The Bertz CT molecular complexity index is 150. The van der Waals surface area contributed by atoms with Crippen LogP contribution in [-0.2, 0) is 0 Å². The van der Waals surface area contributed by atoms with Gasteiger partial charge in [-0.25, -0.2) is 0 Å². The quantitative estimate of drug-likeness (QED) is 0.687. The van der Waals surface area contributed by atoms with Gasteiger partial charge in [0.15, 0.2) is 0 Å². The van der Waals surface area contributed by atoms with E-state index in [0.29, 0.717) is 0 Å². The van der Waals surface area contributed by atoms with Crippen molar-refractivity contribution in [2.45, 2.75) is 33.1 Å². The summed E-state index contributed by atoms with van der Waals surface area (Å²) in [5, 5.41) is 1.84. The minimum absolute atomic E-state index is 0.941. The van der Waals surface area contributed by atoms with Gasteiger partial charge in [-0.15, -0.1) is 11.8 Å². The predicted octanol–water partition coefficient (Wildman–Crippen LogP) is 3.24. The minimum Gasteiger partial charge on any atom is -0.401 e. The van der Waals surface area contributed by atoms with E-state index in [1.807, 2.05) is 5.41 Å². The van der Waals surface area contributed by atoms with Crippen molar-refractivity contribution in [3.63, 3.8) is 0 Å². The molecular weight excluding hydrogens is 154 g/mol. The molecule has 0 saturated heterocycles. The Kier molecular flexibility index (Phi) is 6.13. The Labute approximate surface area is 73.7 Å². The SMILES string of the molecule is C=CS/C(CCC)=C(\N)CC. The number of hydrogen-bond donors (Lipinski definition) is 1. The molecule has 0 spiro atoms. The number of allylic oxidation sites excluding steroid dienone is 2. The van der Waals surface area contributed by atoms with Gasteiger partial charge in [0.1, 0.15) is 0 Å². The lowest BCUT2D eigenvalue weighted by Gasteiger charge is -2.05. The second-order valence-corrected chi connectivity index (χ2v) is 3.40. The summed E-state index contributed by atoms with van der Waals surface area (Å²) in [6.07, 6.45) is 3.17. The van der Waals surface area contributed by atoms with Crippen molar-refractivity contribution < 1.29 is 0 Å². The summed E-state index contributed by atoms with van der Waals surface area (Å²) in [7, 11) is 0. The van der Waals surface area contributed by atoms with E-state index in [9.17, 15) is 0 Å². The molecule has 0 aromatic rings. The second-order valence-electron chi connectivity index (χ2n) is 2.34. The topological polar surface area (TPSA) is 26.0 Å². The summed E-state index contributed by atoms with van der Waals surface area (Å²) < 4.78 is 0. The highest BCUT2D eigenvalue weighted by atomic mass is 32.2. The molecule has 0 radical (unpaired) electrons. The van der Waals surface area contributed by atoms with Gasteiger partial charge in [0, 0.05) is 10.6 Å². The monoisotopic (exact) mass is 171 g/mol. The van der Waals surface area contributed by atoms with Gasteiger partial charge in [-0.1, -0.05) is 26.8 Å². The van der Waals surface area contributed by atoms with Gasteiger partial charge in [0.2, 0.25) is 0 Å². The molecule has 0 heterocycles. The molecule has 0 saturated carbocycles. The Morgan fingerprint density at radius 2 is 2.18 bits per heavy atom. The van der Waals surface area contributed by atoms with Gasteiger partial charge >= 0.3 is 0 Å². The van der Waals surface area contributed by atoms with E-state index in [0.717, 1.165) is 25.0 Å². The first-order chi connectivity index (χ1) is 5.26. The zero-order valence-corrected chi connectivity index (χ0v) is 8.21. The van der Waals surface area contributed by atoms with Crippen molar-refractivity contribution >= 4 is 11.8 Å². The third kappa shape index (κ3) is 4.14. The fourth-order valence-electron chi connectivity index (χ4n) is 0.820. The summed E-state index contributed by atoms with van der Waals surface area (Å²) in [5.74, 6) is 0. The summed E-state index contributed by atoms with van der Waals surface area (Å²) in [5.41, 5.74) is 6.81. The molecule has 0 bridgehead atoms. The van der Waals surface area contributed by atoms with Gasteiger partial charge in [0.05, 0.1) is 0 Å². The molecule has 0 atom stereocenters. The average molecular weight is 171 g/mol. The zero-order valence-electron chi connectivity index (χ0n) is 7.39. The summed E-state index contributed by atoms with van der Waals surface area (Å²) in [6.45, 7) is 7.91. The number of hydrogen-bond acceptors (Lipinski definition) is 2. The van der Waals surface area contributed by atoms with Crippen LogP contribution in [0.2, 0.25) is 0 Å². The molecule has 2 N–H and O–H groups in total. The molecule has 1 nitrogen and oxygen atoms in total. The van der Waals surface area contributed by atoms with Crippen LogP contribution >= 0.6 is 11.8 Å². The van der Waals surface area contributed by atoms with Crippen LogP contribution in [0.15, 0.2) is 22.6 Å². The van der Waals surface area contributed by atoms with Crippen LogP contribution in [0.3, 0.4) is 0 Å². The molecule has 64 valence electrons. The lowest BCUT2D eigenvalue weighted by atomic mass is 10.2. The molecule has 0 aliphatic heterocycles. The van der Waals surface area contributed by atoms with E-state index in [2.05, 4.69) is 20.4 Å². The maximum absolute atomic E-state index is 5.80. The van der Waals surface area contributed by atoms with Gasteiger partial charge in [0.25, 0.3) is 0 Å². The van der Waals surface area contributed by atoms with Crippen LogP contribution < -0.4 is 5.73 Å². The smallest absolute Gasteiger partial charge is 0.0178 e. The first-order valence-electron chi connectivity index (χ1n) is 4.01. The fourth-order valence-corrected chi connectivity index (χ4v) is 1.64. The van der Waals surface area contributed by atoms with Crippen LogP contribution in [0.5, 0.6) is 0 Å². The van der Waals surface area contributed by atoms with E-state index in [1.54, 1.807) is 11.8 Å². The largest absolute Gasteiger partial charge is 0.401 e. The Hall–Kier alpha value is -0.370. The van der Waals surface area contributed by atoms with Crippen molar-refractivity contribution in [2.24, 2.45) is 5.73 Å². The van der Waals surface area contributed by atoms with Gasteiger partial charge in [-0.2, -0.15) is 0 Å². The molecule has 0 aromatic carbocycles. The van der Waals surface area contributed by atoms with Crippen molar-refractivity contribution in [3.05, 3.63) is 22.6 Å². The van der Waals surface area contributed by atoms with E-state index >= 15 is 0 Å². The van der Waals surface area contributed by atoms with Crippen LogP contribution in [-0.4, -0.2) is 0 Å². The van der Waals surface area contributed by atoms with E-state index < -0.39 is 0 Å². The van der Waals surface area contributed by atoms with Crippen LogP contribution in [0.25, 0.3) is 0 Å². The molecule has 0 aromatic heterocycles. The predicted molar refractivity (Wildman–Crippen MR) is 54.2 cm³/mol. The van der Waals surface area contributed by atoms with Crippen molar-refractivity contribution in [1.82, 2.24) is 0 Å². The van der Waals surface area contributed by atoms with Crippen molar-refractivity contribution in [1.29, 1.82) is 0 Å². The third-order valence-corrected chi connectivity index (χ3v) is 2.36. The van der Waals surface area contributed by atoms with Gasteiger partial charge in [-0.3, -0.25) is 0 Å². The first kappa shape index (κ1) is 10.6. The maximum atomic E-state index is 5.80. The molecule has 2 heteroatoms. The number of rotatable bonds is 5. The molecular formula is C9H17NS. The molecule has 0 amide bonds. The highest BCUT2D eigenvalue weighted by molar-refractivity contribution is 8.05. The first-order valence-corrected chi connectivity index (χ1v) is 4.89. The van der Waals surface area contributed by atoms with E-state index in [-0.39, 0.29) is 0 Å². The highest BCUT2D eigenvalue weighted by Gasteiger charge is 1.98. The second kappa shape index (κ2) is 6.35. The summed E-state index contributed by atoms with van der Waals surface area (Å²) in [4.78, 5) is 1.28. The minimum atomic E-state index is 0.941. The Balaban J connectivity index is 4.16. The Morgan fingerprint density at radius 1 is 1.55 bits per heavy atom. The number of thioether (sulfide) groups is 1. The van der Waals surface area contributed by atoms with Crippen LogP contribution in [0, 0.1) is 0 Å². The summed E-state index contributed by atoms with van der Waals surface area (Å²) >= 11 is 1.65. The van der Waals surface area contributed by atoms with Crippen LogP contribution in [0.4, 0.5) is 0 Å². The number of nitrogens with two attached hydrogens (primary N) is 1. The molecule has 11 heavy (non-hydrogen) atoms. The standard InChI is InChI=1S/C9H17NS/c1-4-7-9(11-6-3)8(10)5-2/h6H,3-5,7,10H2,1-2H3/b9-8-. The zero-order chi connectivity index (χ0) is 8.69. The van der Waals surface area contributed by atoms with Gasteiger partial charge < -0.3 is 5.73 Å². The lowest BCUT2D eigenvalue weighted by molar-refractivity contribution is 0.915. The summed E-state index contributed by atoms with van der Waals surface area (Å²) in [6, 6.07) is 0. The maximum Gasteiger partial charge on any atom is 0.0178 e.